The molecule has 0 amide bonds. The van der Waals surface area contributed by atoms with Gasteiger partial charge in [0, 0.05) is 9.13 Å². The van der Waals surface area contributed by atoms with Crippen LogP contribution in [0.2, 0.25) is 5.02 Å². The van der Waals surface area contributed by atoms with Crippen LogP contribution in [0, 0.1) is 3.57 Å². The van der Waals surface area contributed by atoms with Crippen LogP contribution >= 0.6 is 34.2 Å². The number of carboxylic acids is 1. The number of benzene rings is 2. The molecular formula is C13H8ClIO2. The van der Waals surface area contributed by atoms with Gasteiger partial charge in [-0.2, -0.15) is 0 Å². The van der Waals surface area contributed by atoms with E-state index in [2.05, 4.69) is 0 Å². The van der Waals surface area contributed by atoms with Gasteiger partial charge in [0.25, 0.3) is 0 Å². The summed E-state index contributed by atoms with van der Waals surface area (Å²) in [5.41, 5.74) is 1.81. The molecule has 2 nitrogen and oxygen atoms in total. The molecular weight excluding hydrogens is 350 g/mol. The molecule has 2 aromatic carbocycles. The van der Waals surface area contributed by atoms with Crippen molar-refractivity contribution in [3.8, 4) is 11.1 Å². The standard InChI is InChI=1S/C13H8ClIO2/c14-12-9(8-4-2-1-3-5-8)6-7-10(15)11(12)13(16)17/h1-7H,(H,16,17). The van der Waals surface area contributed by atoms with Crippen LogP contribution in [0.1, 0.15) is 10.4 Å². The van der Waals surface area contributed by atoms with Gasteiger partial charge in [-0.05, 0) is 34.2 Å². The first-order chi connectivity index (χ1) is 8.11. The van der Waals surface area contributed by atoms with Crippen molar-refractivity contribution in [3.05, 3.63) is 56.6 Å². The first-order valence-corrected chi connectivity index (χ1v) is 6.33. The summed E-state index contributed by atoms with van der Waals surface area (Å²) in [6.45, 7) is 0. The van der Waals surface area contributed by atoms with E-state index in [1.54, 1.807) is 6.07 Å². The van der Waals surface area contributed by atoms with Gasteiger partial charge in [0.15, 0.2) is 0 Å². The summed E-state index contributed by atoms with van der Waals surface area (Å²) < 4.78 is 0.639. The molecule has 0 aliphatic heterocycles. The molecule has 0 fully saturated rings. The highest BCUT2D eigenvalue weighted by molar-refractivity contribution is 14.1. The Bertz CT molecular complexity index is 567. The van der Waals surface area contributed by atoms with E-state index in [0.29, 0.717) is 3.57 Å². The zero-order valence-corrected chi connectivity index (χ0v) is 11.6. The van der Waals surface area contributed by atoms with Crippen molar-refractivity contribution in [1.29, 1.82) is 0 Å². The minimum absolute atomic E-state index is 0.161. The van der Waals surface area contributed by atoms with E-state index in [9.17, 15) is 4.79 Å². The van der Waals surface area contributed by atoms with E-state index >= 15 is 0 Å². The summed E-state index contributed by atoms with van der Waals surface area (Å²) in [5, 5.41) is 9.42. The van der Waals surface area contributed by atoms with Crippen molar-refractivity contribution in [1.82, 2.24) is 0 Å². The predicted octanol–water partition coefficient (Wildman–Crippen LogP) is 4.31. The van der Waals surface area contributed by atoms with Gasteiger partial charge >= 0.3 is 5.97 Å². The normalized spacial score (nSPS) is 10.2. The molecule has 0 heterocycles. The molecule has 0 bridgehead atoms. The first-order valence-electron chi connectivity index (χ1n) is 4.88. The van der Waals surface area contributed by atoms with Crippen molar-refractivity contribution in [2.24, 2.45) is 0 Å². The minimum atomic E-state index is -1.00. The van der Waals surface area contributed by atoms with E-state index in [1.807, 2.05) is 59.0 Å². The Morgan fingerprint density at radius 3 is 2.35 bits per heavy atom. The Balaban J connectivity index is 2.66. The summed E-state index contributed by atoms with van der Waals surface area (Å²) in [4.78, 5) is 11.1. The van der Waals surface area contributed by atoms with Gasteiger partial charge in [-0.25, -0.2) is 4.79 Å². The highest BCUT2D eigenvalue weighted by Crippen LogP contribution is 2.33. The Kier molecular flexibility index (Phi) is 3.69. The van der Waals surface area contributed by atoms with Gasteiger partial charge in [0.1, 0.15) is 0 Å². The van der Waals surface area contributed by atoms with Gasteiger partial charge in [-0.15, -0.1) is 0 Å². The zero-order valence-electron chi connectivity index (χ0n) is 8.65. The summed E-state index contributed by atoms with van der Waals surface area (Å²) in [6.07, 6.45) is 0. The van der Waals surface area contributed by atoms with Crippen molar-refractivity contribution in [2.45, 2.75) is 0 Å². The van der Waals surface area contributed by atoms with E-state index in [-0.39, 0.29) is 10.6 Å². The van der Waals surface area contributed by atoms with E-state index < -0.39 is 5.97 Å². The maximum Gasteiger partial charge on any atom is 0.338 e. The summed E-state index contributed by atoms with van der Waals surface area (Å²) in [6, 6.07) is 13.1. The lowest BCUT2D eigenvalue weighted by Gasteiger charge is -2.08. The maximum atomic E-state index is 11.1. The molecule has 17 heavy (non-hydrogen) atoms. The van der Waals surface area contributed by atoms with Crippen LogP contribution < -0.4 is 0 Å². The Labute approximate surface area is 117 Å². The number of hydrogen-bond acceptors (Lipinski definition) is 1. The van der Waals surface area contributed by atoms with Crippen LogP contribution in [0.3, 0.4) is 0 Å². The van der Waals surface area contributed by atoms with Gasteiger partial charge in [0.05, 0.1) is 10.6 Å². The molecule has 0 saturated heterocycles. The highest BCUT2D eigenvalue weighted by Gasteiger charge is 2.16. The van der Waals surface area contributed by atoms with Crippen LogP contribution in [0.5, 0.6) is 0 Å². The molecule has 0 unspecified atom stereocenters. The Hall–Kier alpha value is -1.07. The SMILES string of the molecule is O=C(O)c1c(I)ccc(-c2ccccc2)c1Cl. The summed E-state index contributed by atoms with van der Waals surface area (Å²) >= 11 is 8.13. The molecule has 0 saturated carbocycles. The minimum Gasteiger partial charge on any atom is -0.478 e. The molecule has 2 rings (SSSR count). The fourth-order valence-electron chi connectivity index (χ4n) is 1.59. The topological polar surface area (TPSA) is 37.3 Å². The quantitative estimate of drug-likeness (QED) is 0.812. The van der Waals surface area contributed by atoms with Gasteiger partial charge in [-0.3, -0.25) is 0 Å². The third-order valence-electron chi connectivity index (χ3n) is 2.39. The van der Waals surface area contributed by atoms with Gasteiger partial charge in [0.2, 0.25) is 0 Å². The number of aromatic carboxylic acids is 1. The maximum absolute atomic E-state index is 11.1. The number of hydrogen-bond donors (Lipinski definition) is 1. The highest BCUT2D eigenvalue weighted by atomic mass is 127. The largest absolute Gasteiger partial charge is 0.478 e. The lowest BCUT2D eigenvalue weighted by Crippen LogP contribution is -2.01. The van der Waals surface area contributed by atoms with Crippen molar-refractivity contribution >= 4 is 40.2 Å². The second-order valence-electron chi connectivity index (χ2n) is 3.46. The third kappa shape index (κ3) is 2.45. The lowest BCUT2D eigenvalue weighted by molar-refractivity contribution is 0.0696. The zero-order chi connectivity index (χ0) is 12.4. The molecule has 0 spiro atoms. The molecule has 0 atom stereocenters. The third-order valence-corrected chi connectivity index (χ3v) is 3.68. The molecule has 0 aromatic heterocycles. The summed E-state index contributed by atoms with van der Waals surface area (Å²) in [7, 11) is 0. The second kappa shape index (κ2) is 5.06. The van der Waals surface area contributed by atoms with Gasteiger partial charge in [-0.1, -0.05) is 48.0 Å². The van der Waals surface area contributed by atoms with Crippen LogP contribution in [0.15, 0.2) is 42.5 Å². The number of rotatable bonds is 2. The smallest absolute Gasteiger partial charge is 0.338 e. The fraction of sp³-hybridized carbons (Fsp3) is 0. The molecule has 0 aliphatic rings. The van der Waals surface area contributed by atoms with Crippen LogP contribution in [-0.2, 0) is 0 Å². The van der Waals surface area contributed by atoms with Crippen molar-refractivity contribution in [3.63, 3.8) is 0 Å². The predicted molar refractivity (Wildman–Crippen MR) is 76.6 cm³/mol. The van der Waals surface area contributed by atoms with Crippen LogP contribution in [0.4, 0.5) is 0 Å². The average molecular weight is 359 g/mol. The van der Waals surface area contributed by atoms with E-state index in [1.165, 1.54) is 0 Å². The van der Waals surface area contributed by atoms with E-state index in [4.69, 9.17) is 16.7 Å². The molecule has 2 aromatic rings. The average Bonchev–Trinajstić information content (AvgIpc) is 2.30. The number of carbonyl (C=O) groups is 1. The number of carboxylic acid groups (broad SMARTS) is 1. The molecule has 0 radical (unpaired) electrons. The Morgan fingerprint density at radius 2 is 1.76 bits per heavy atom. The second-order valence-corrected chi connectivity index (χ2v) is 5.00. The number of halogens is 2. The first kappa shape index (κ1) is 12.4. The Morgan fingerprint density at radius 1 is 1.12 bits per heavy atom. The van der Waals surface area contributed by atoms with Crippen LogP contribution in [-0.4, -0.2) is 11.1 Å². The monoisotopic (exact) mass is 358 g/mol. The van der Waals surface area contributed by atoms with Crippen molar-refractivity contribution in [2.75, 3.05) is 0 Å². The van der Waals surface area contributed by atoms with Crippen molar-refractivity contribution < 1.29 is 9.90 Å². The van der Waals surface area contributed by atoms with Gasteiger partial charge < -0.3 is 5.11 Å². The molecule has 0 aliphatic carbocycles. The summed E-state index contributed by atoms with van der Waals surface area (Å²) in [5.74, 6) is -1.00. The van der Waals surface area contributed by atoms with E-state index in [0.717, 1.165) is 11.1 Å². The molecule has 86 valence electrons. The molecule has 1 N–H and O–H groups in total. The fourth-order valence-corrected chi connectivity index (χ4v) is 2.78. The van der Waals surface area contributed by atoms with Crippen LogP contribution in [0.25, 0.3) is 11.1 Å². The lowest BCUT2D eigenvalue weighted by atomic mass is 10.0. The molecule has 4 heteroatoms.